The summed E-state index contributed by atoms with van der Waals surface area (Å²) >= 11 is 0. The van der Waals surface area contributed by atoms with Crippen LogP contribution < -0.4 is 9.62 Å². The molecule has 0 spiro atoms. The van der Waals surface area contributed by atoms with Gasteiger partial charge in [0.1, 0.15) is 0 Å². The van der Waals surface area contributed by atoms with Crippen LogP contribution in [-0.2, 0) is 10.2 Å². The third kappa shape index (κ3) is 2.82. The first-order chi connectivity index (χ1) is 8.53. The van der Waals surface area contributed by atoms with Gasteiger partial charge >= 0.3 is 0 Å². The molecule has 1 saturated heterocycles. The second-order valence-corrected chi connectivity index (χ2v) is 6.31. The maximum atomic E-state index is 11.6. The summed E-state index contributed by atoms with van der Waals surface area (Å²) in [6.45, 7) is 4.56. The molecule has 0 unspecified atom stereocenters. The Bertz CT molecular complexity index is 491. The maximum absolute atomic E-state index is 11.6. The highest BCUT2D eigenvalue weighted by atomic mass is 32.2. The van der Waals surface area contributed by atoms with Crippen LogP contribution in [0.5, 0.6) is 0 Å². The first-order valence-electron chi connectivity index (χ1n) is 6.03. The second kappa shape index (κ2) is 5.26. The summed E-state index contributed by atoms with van der Waals surface area (Å²) < 4.78 is 27.1. The highest BCUT2D eigenvalue weighted by molar-refractivity contribution is 7.87. The van der Waals surface area contributed by atoms with E-state index in [0.717, 1.165) is 18.8 Å². The Morgan fingerprint density at radius 3 is 2.11 bits per heavy atom. The monoisotopic (exact) mass is 269 g/mol. The molecule has 18 heavy (non-hydrogen) atoms. The van der Waals surface area contributed by atoms with Crippen LogP contribution in [0.4, 0.5) is 5.69 Å². The van der Waals surface area contributed by atoms with Gasteiger partial charge in [-0.3, -0.25) is 0 Å². The van der Waals surface area contributed by atoms with Crippen molar-refractivity contribution in [3.8, 4) is 0 Å². The Morgan fingerprint density at radius 1 is 1.06 bits per heavy atom. The molecule has 0 aliphatic carbocycles. The Morgan fingerprint density at radius 2 is 1.61 bits per heavy atom. The molecule has 6 heteroatoms. The van der Waals surface area contributed by atoms with E-state index in [1.54, 1.807) is 0 Å². The largest absolute Gasteiger partial charge is 0.369 e. The minimum absolute atomic E-state index is 0.525. The quantitative estimate of drug-likeness (QED) is 0.873. The van der Waals surface area contributed by atoms with Gasteiger partial charge in [0, 0.05) is 38.9 Å². The van der Waals surface area contributed by atoms with Crippen molar-refractivity contribution in [2.75, 3.05) is 38.1 Å². The Kier molecular flexibility index (Phi) is 3.89. The molecule has 0 saturated carbocycles. The summed E-state index contributed by atoms with van der Waals surface area (Å²) in [7, 11) is -1.83. The first-order valence-corrected chi connectivity index (χ1v) is 7.47. The van der Waals surface area contributed by atoms with Crippen LogP contribution >= 0.6 is 0 Å². The number of hydrogen-bond donors (Lipinski definition) is 1. The van der Waals surface area contributed by atoms with E-state index in [2.05, 4.69) is 40.8 Å². The van der Waals surface area contributed by atoms with Crippen LogP contribution in [0.1, 0.15) is 5.56 Å². The van der Waals surface area contributed by atoms with Crippen molar-refractivity contribution in [1.82, 2.24) is 9.03 Å². The van der Waals surface area contributed by atoms with Crippen LogP contribution in [0, 0.1) is 6.92 Å². The van der Waals surface area contributed by atoms with Crippen molar-refractivity contribution in [1.29, 1.82) is 0 Å². The minimum atomic E-state index is -3.28. The SMILES string of the molecule is CNS(=O)(=O)N1CCN(c2ccc(C)cc2)CC1. The van der Waals surface area contributed by atoms with Gasteiger partial charge in [-0.05, 0) is 19.1 Å². The van der Waals surface area contributed by atoms with Gasteiger partial charge in [-0.25, -0.2) is 4.72 Å². The fourth-order valence-corrected chi connectivity index (χ4v) is 2.97. The van der Waals surface area contributed by atoms with Crippen molar-refractivity contribution in [2.45, 2.75) is 6.92 Å². The molecular weight excluding hydrogens is 250 g/mol. The zero-order valence-corrected chi connectivity index (χ0v) is 11.6. The molecule has 1 aliphatic heterocycles. The van der Waals surface area contributed by atoms with E-state index in [0.29, 0.717) is 13.1 Å². The lowest BCUT2D eigenvalue weighted by atomic mass is 10.2. The van der Waals surface area contributed by atoms with Gasteiger partial charge in [-0.1, -0.05) is 17.7 Å². The standard InChI is InChI=1S/C12H19N3O2S/c1-11-3-5-12(6-4-11)14-7-9-15(10-8-14)18(16,17)13-2/h3-6,13H,7-10H2,1-2H3. The molecule has 5 nitrogen and oxygen atoms in total. The zero-order chi connectivity index (χ0) is 13.2. The average Bonchev–Trinajstić information content (AvgIpc) is 2.40. The lowest BCUT2D eigenvalue weighted by Crippen LogP contribution is -2.51. The first kappa shape index (κ1) is 13.3. The van der Waals surface area contributed by atoms with Crippen molar-refractivity contribution in [3.63, 3.8) is 0 Å². The highest BCUT2D eigenvalue weighted by Crippen LogP contribution is 2.17. The summed E-state index contributed by atoms with van der Waals surface area (Å²) in [4.78, 5) is 2.21. The van der Waals surface area contributed by atoms with Gasteiger partial charge in [0.15, 0.2) is 0 Å². The number of rotatable bonds is 3. The Hall–Kier alpha value is -1.11. The second-order valence-electron chi connectivity index (χ2n) is 4.43. The summed E-state index contributed by atoms with van der Waals surface area (Å²) in [5.41, 5.74) is 2.39. The molecule has 1 aromatic carbocycles. The van der Waals surface area contributed by atoms with Crippen molar-refractivity contribution in [3.05, 3.63) is 29.8 Å². The lowest BCUT2D eigenvalue weighted by Gasteiger charge is -2.35. The number of piperazine rings is 1. The van der Waals surface area contributed by atoms with Crippen LogP contribution in [0.2, 0.25) is 0 Å². The van der Waals surface area contributed by atoms with Crippen molar-refractivity contribution in [2.24, 2.45) is 0 Å². The molecule has 2 rings (SSSR count). The molecule has 1 N–H and O–H groups in total. The number of anilines is 1. The summed E-state index contributed by atoms with van der Waals surface area (Å²) in [6.07, 6.45) is 0. The molecule has 0 amide bonds. The van der Waals surface area contributed by atoms with Crippen LogP contribution in [0.3, 0.4) is 0 Å². The third-order valence-corrected chi connectivity index (χ3v) is 4.80. The normalized spacial score (nSPS) is 18.0. The molecule has 0 bridgehead atoms. The number of aryl methyl sites for hydroxylation is 1. The van der Waals surface area contributed by atoms with E-state index in [-0.39, 0.29) is 0 Å². The molecule has 1 heterocycles. The minimum Gasteiger partial charge on any atom is -0.369 e. The zero-order valence-electron chi connectivity index (χ0n) is 10.8. The van der Waals surface area contributed by atoms with E-state index in [1.807, 2.05) is 0 Å². The van der Waals surface area contributed by atoms with Crippen LogP contribution in [-0.4, -0.2) is 45.9 Å². The molecule has 1 aromatic rings. The summed E-state index contributed by atoms with van der Waals surface area (Å²) in [6, 6.07) is 8.31. The summed E-state index contributed by atoms with van der Waals surface area (Å²) in [5, 5.41) is 0. The molecule has 0 atom stereocenters. The highest BCUT2D eigenvalue weighted by Gasteiger charge is 2.25. The fraction of sp³-hybridized carbons (Fsp3) is 0.500. The van der Waals surface area contributed by atoms with E-state index >= 15 is 0 Å². The van der Waals surface area contributed by atoms with Gasteiger partial charge in [0.05, 0.1) is 0 Å². The maximum Gasteiger partial charge on any atom is 0.279 e. The van der Waals surface area contributed by atoms with Gasteiger partial charge in [-0.2, -0.15) is 12.7 Å². The number of hydrogen-bond acceptors (Lipinski definition) is 3. The van der Waals surface area contributed by atoms with Crippen LogP contribution in [0.15, 0.2) is 24.3 Å². The van der Waals surface area contributed by atoms with E-state index < -0.39 is 10.2 Å². The molecule has 0 radical (unpaired) electrons. The van der Waals surface area contributed by atoms with E-state index in [4.69, 9.17) is 0 Å². The fourth-order valence-electron chi connectivity index (χ4n) is 2.07. The van der Waals surface area contributed by atoms with Crippen molar-refractivity contribution >= 4 is 15.9 Å². The average molecular weight is 269 g/mol. The van der Waals surface area contributed by atoms with E-state index in [1.165, 1.54) is 16.9 Å². The molecule has 1 aliphatic rings. The lowest BCUT2D eigenvalue weighted by molar-refractivity contribution is 0.380. The molecule has 1 fully saturated rings. The molecule has 100 valence electrons. The van der Waals surface area contributed by atoms with Crippen molar-refractivity contribution < 1.29 is 8.42 Å². The smallest absolute Gasteiger partial charge is 0.279 e. The van der Waals surface area contributed by atoms with Crippen LogP contribution in [0.25, 0.3) is 0 Å². The number of nitrogens with one attached hydrogen (secondary N) is 1. The molecule has 0 aromatic heterocycles. The van der Waals surface area contributed by atoms with Gasteiger partial charge in [0.2, 0.25) is 0 Å². The number of nitrogens with zero attached hydrogens (tertiary/aromatic N) is 2. The topological polar surface area (TPSA) is 52.7 Å². The third-order valence-electron chi connectivity index (χ3n) is 3.24. The van der Waals surface area contributed by atoms with E-state index in [9.17, 15) is 8.42 Å². The van der Waals surface area contributed by atoms with Gasteiger partial charge < -0.3 is 4.90 Å². The predicted octanol–water partition coefficient (Wildman–Crippen LogP) is 0.581. The predicted molar refractivity (Wildman–Crippen MR) is 72.9 cm³/mol. The Balaban J connectivity index is 2.01. The molecular formula is C12H19N3O2S. The summed E-state index contributed by atoms with van der Waals surface area (Å²) in [5.74, 6) is 0. The van der Waals surface area contributed by atoms with Gasteiger partial charge in [0.25, 0.3) is 10.2 Å². The number of benzene rings is 1. The Labute approximate surface area is 109 Å². The van der Waals surface area contributed by atoms with Gasteiger partial charge in [-0.15, -0.1) is 0 Å².